The van der Waals surface area contributed by atoms with Crippen molar-refractivity contribution in [1.82, 2.24) is 4.98 Å². The molecule has 6 rings (SSSR count). The lowest BCUT2D eigenvalue weighted by Crippen LogP contribution is -2.68. The molecular formula is C50H50FNO5PSi+. The summed E-state index contributed by atoms with van der Waals surface area (Å²) in [6, 6.07) is 48.7. The fraction of sp³-hybridized carbons (Fsp3) is 0.240. The minimum atomic E-state index is -3.15. The molecule has 2 unspecified atom stereocenters. The Kier molecular flexibility index (Phi) is 14.2. The Balaban J connectivity index is 1.32. The van der Waals surface area contributed by atoms with Crippen molar-refractivity contribution in [2.45, 2.75) is 64.0 Å². The van der Waals surface area contributed by atoms with Gasteiger partial charge in [0.15, 0.2) is 6.61 Å². The quantitative estimate of drug-likeness (QED) is 0.0631. The molecule has 0 amide bonds. The second-order valence-corrected chi connectivity index (χ2v) is 21.4. The van der Waals surface area contributed by atoms with E-state index in [9.17, 15) is 18.9 Å². The highest BCUT2D eigenvalue weighted by molar-refractivity contribution is 7.39. The smallest absolute Gasteiger partial charge is 0.481 e. The van der Waals surface area contributed by atoms with Crippen LogP contribution in [0.5, 0.6) is 0 Å². The fourth-order valence-corrected chi connectivity index (χ4v) is 13.4. The lowest BCUT2D eigenvalue weighted by atomic mass is 9.85. The number of hydrogen-bond acceptors (Lipinski definition) is 5. The third-order valence-corrected chi connectivity index (χ3v) is 16.6. The summed E-state index contributed by atoms with van der Waals surface area (Å²) >= 11 is 0. The van der Waals surface area contributed by atoms with Crippen LogP contribution in [-0.4, -0.2) is 43.2 Å². The molecule has 9 heteroatoms. The van der Waals surface area contributed by atoms with E-state index in [0.717, 1.165) is 44.0 Å². The Hall–Kier alpha value is -5.55. The predicted octanol–water partition coefficient (Wildman–Crippen LogP) is 10.7. The molecule has 59 heavy (non-hydrogen) atoms. The van der Waals surface area contributed by atoms with Crippen LogP contribution in [0.4, 0.5) is 4.39 Å². The van der Waals surface area contributed by atoms with Crippen LogP contribution in [0.3, 0.4) is 0 Å². The van der Waals surface area contributed by atoms with E-state index in [2.05, 4.69) is 70.7 Å². The molecule has 0 saturated heterocycles. The molecule has 0 bridgehead atoms. The fourth-order valence-electron chi connectivity index (χ4n) is 7.69. The number of nitrogens with zero attached hydrogens (tertiary/aromatic N) is 1. The third-order valence-electron chi connectivity index (χ3n) is 10.3. The number of benzene rings is 5. The molecule has 5 aromatic carbocycles. The van der Waals surface area contributed by atoms with Crippen LogP contribution in [0.1, 0.15) is 81.0 Å². The molecule has 2 atom stereocenters. The zero-order valence-electron chi connectivity index (χ0n) is 34.1. The lowest BCUT2D eigenvalue weighted by Gasteiger charge is -2.44. The molecular weight excluding hydrogens is 773 g/mol. The van der Waals surface area contributed by atoms with Crippen LogP contribution in [0.2, 0.25) is 5.04 Å². The first-order valence-electron chi connectivity index (χ1n) is 19.8. The number of pyridine rings is 1. The van der Waals surface area contributed by atoms with Crippen molar-refractivity contribution in [3.63, 3.8) is 0 Å². The molecule has 0 aliphatic rings. The molecule has 0 aliphatic heterocycles. The average molecular weight is 823 g/mol. The Bertz CT molecular complexity index is 2320. The Labute approximate surface area is 349 Å². The molecule has 1 heterocycles. The molecule has 6 nitrogen and oxygen atoms in total. The van der Waals surface area contributed by atoms with Gasteiger partial charge in [0.2, 0.25) is 6.16 Å². The van der Waals surface area contributed by atoms with Crippen LogP contribution in [0.25, 0.3) is 11.1 Å². The summed E-state index contributed by atoms with van der Waals surface area (Å²) in [5, 5.41) is 11.6. The van der Waals surface area contributed by atoms with E-state index in [1.807, 2.05) is 103 Å². The van der Waals surface area contributed by atoms with Crippen molar-refractivity contribution in [3.8, 4) is 23.0 Å². The number of rotatable bonds is 15. The molecule has 0 radical (unpaired) electrons. The summed E-state index contributed by atoms with van der Waals surface area (Å²) in [6.45, 7) is 10.3. The Morgan fingerprint density at radius 3 is 1.78 bits per heavy atom. The van der Waals surface area contributed by atoms with Crippen molar-refractivity contribution in [2.24, 2.45) is 0 Å². The summed E-state index contributed by atoms with van der Waals surface area (Å²) in [6.07, 6.45) is -1.36. The van der Waals surface area contributed by atoms with Gasteiger partial charge in [-0.3, -0.25) is 9.78 Å². The van der Waals surface area contributed by atoms with Crippen LogP contribution in [0.15, 0.2) is 152 Å². The second-order valence-electron chi connectivity index (χ2n) is 15.9. The Morgan fingerprint density at radius 2 is 1.31 bits per heavy atom. The number of halogens is 1. The van der Waals surface area contributed by atoms with Crippen LogP contribution in [0, 0.1) is 17.7 Å². The molecule has 0 aliphatic carbocycles. The van der Waals surface area contributed by atoms with Gasteiger partial charge >= 0.3 is 14.0 Å². The lowest BCUT2D eigenvalue weighted by molar-refractivity contribution is -0.138. The van der Waals surface area contributed by atoms with Crippen molar-refractivity contribution < 1.29 is 27.8 Å². The molecule has 0 fully saturated rings. The average Bonchev–Trinajstić information content (AvgIpc) is 3.22. The highest BCUT2D eigenvalue weighted by Crippen LogP contribution is 2.40. The minimum absolute atomic E-state index is 0.0291. The predicted molar refractivity (Wildman–Crippen MR) is 238 cm³/mol. The summed E-state index contributed by atoms with van der Waals surface area (Å²) in [5.74, 6) is 4.77. The standard InChI is InChI=1S/C50H49FNO5PSi/c1-36(2)49-44(45(37-28-30-40(51)31-29-37)34-46(52-49)48(38-19-10-6-11-20-38)39-21-12-7-13-22-39)27-18-32-56-58(55)35-41(33-47(53)54)57-59(50(3,4)5,42-23-14-8-15-24-42)43-25-16-9-17-26-43/h6-17,19-26,28-31,34,36,41,48H,32-33,35H2,1-5H3/p+1. The van der Waals surface area contributed by atoms with Crippen molar-refractivity contribution in [2.75, 3.05) is 12.8 Å². The van der Waals surface area contributed by atoms with E-state index in [0.29, 0.717) is 5.56 Å². The zero-order valence-corrected chi connectivity index (χ0v) is 36.0. The molecule has 0 spiro atoms. The number of aliphatic carboxylic acids is 1. The number of carboxylic acid groups (broad SMARTS) is 1. The monoisotopic (exact) mass is 822 g/mol. The van der Waals surface area contributed by atoms with Gasteiger partial charge in [0.05, 0.1) is 29.3 Å². The third kappa shape index (κ3) is 10.4. The molecule has 1 aromatic heterocycles. The number of aromatic nitrogens is 1. The summed E-state index contributed by atoms with van der Waals surface area (Å²) in [5.41, 5.74) is 6.03. The van der Waals surface area contributed by atoms with Gasteiger partial charge in [-0.1, -0.05) is 180 Å². The van der Waals surface area contributed by atoms with Crippen LogP contribution in [-0.2, 0) is 18.3 Å². The van der Waals surface area contributed by atoms with Crippen molar-refractivity contribution in [1.29, 1.82) is 0 Å². The van der Waals surface area contributed by atoms with Gasteiger partial charge < -0.3 is 9.53 Å². The van der Waals surface area contributed by atoms with Crippen molar-refractivity contribution in [3.05, 3.63) is 186 Å². The molecule has 1 N–H and O–H groups in total. The first kappa shape index (κ1) is 43.0. The van der Waals surface area contributed by atoms with Crippen LogP contribution >= 0.6 is 8.03 Å². The van der Waals surface area contributed by atoms with E-state index in [1.165, 1.54) is 12.1 Å². The van der Waals surface area contributed by atoms with Crippen LogP contribution < -0.4 is 10.4 Å². The number of carbonyl (C=O) groups is 1. The highest BCUT2D eigenvalue weighted by atomic mass is 31.1. The van der Waals surface area contributed by atoms with E-state index >= 15 is 0 Å². The molecule has 6 aromatic rings. The topological polar surface area (TPSA) is 85.7 Å². The SMILES string of the molecule is CC(C)c1nc(C(c2ccccc2)c2ccccc2)cc(-c2ccc(F)cc2)c1C#CCO[P+](=O)CC(CC(=O)O)O[Si](c1ccccc1)(c1ccccc1)C(C)(C)C. The van der Waals surface area contributed by atoms with E-state index in [4.69, 9.17) is 13.9 Å². The van der Waals surface area contributed by atoms with Gasteiger partial charge in [0.25, 0.3) is 8.32 Å². The maximum Gasteiger partial charge on any atom is 0.511 e. The second kappa shape index (κ2) is 19.5. The van der Waals surface area contributed by atoms with E-state index in [-0.39, 0.29) is 36.8 Å². The number of carboxylic acids is 1. The first-order valence-corrected chi connectivity index (χ1v) is 23.1. The first-order chi connectivity index (χ1) is 28.4. The van der Waals surface area contributed by atoms with Gasteiger partial charge in [-0.05, 0) is 60.8 Å². The van der Waals surface area contributed by atoms with Gasteiger partial charge in [-0.15, -0.1) is 4.52 Å². The summed E-state index contributed by atoms with van der Waals surface area (Å²) in [4.78, 5) is 17.5. The zero-order chi connectivity index (χ0) is 42.0. The number of hydrogen-bond donors (Lipinski definition) is 1. The summed E-state index contributed by atoms with van der Waals surface area (Å²) in [7, 11) is -5.52. The van der Waals surface area contributed by atoms with Gasteiger partial charge in [-0.2, -0.15) is 0 Å². The Morgan fingerprint density at radius 1 is 0.797 bits per heavy atom. The normalized spacial score (nSPS) is 12.5. The molecule has 300 valence electrons. The maximum absolute atomic E-state index is 14.2. The van der Waals surface area contributed by atoms with Gasteiger partial charge in [0.1, 0.15) is 11.9 Å². The van der Waals surface area contributed by atoms with Gasteiger partial charge in [0, 0.05) is 5.56 Å². The highest BCUT2D eigenvalue weighted by Gasteiger charge is 2.52. The largest absolute Gasteiger partial charge is 0.511 e. The van der Waals surface area contributed by atoms with Gasteiger partial charge in [-0.25, -0.2) is 4.39 Å². The summed E-state index contributed by atoms with van der Waals surface area (Å²) < 4.78 is 40.8. The van der Waals surface area contributed by atoms with E-state index < -0.39 is 33.5 Å². The maximum atomic E-state index is 14.2. The molecule has 0 saturated carbocycles. The van der Waals surface area contributed by atoms with Crippen molar-refractivity contribution >= 4 is 32.7 Å². The van der Waals surface area contributed by atoms with E-state index in [1.54, 1.807) is 12.1 Å². The minimum Gasteiger partial charge on any atom is -0.481 e.